The summed E-state index contributed by atoms with van der Waals surface area (Å²) >= 11 is 6.23. The molecule has 0 atom stereocenters. The van der Waals surface area contributed by atoms with Crippen molar-refractivity contribution in [3.05, 3.63) is 150 Å². The SMILES string of the molecule is Cc1ccc(CNC(=O)c2ccc(Cn3c(=O)c4ccccc4n(Cc4ccc(F)cc4Cl)c3=O)cc2)cc1. The second-order valence-corrected chi connectivity index (χ2v) is 9.79. The fourth-order valence-electron chi connectivity index (χ4n) is 4.42. The minimum absolute atomic E-state index is 0.0188. The zero-order chi connectivity index (χ0) is 27.5. The van der Waals surface area contributed by atoms with Gasteiger partial charge in [-0.3, -0.25) is 18.7 Å². The number of nitrogens with one attached hydrogen (secondary N) is 1. The molecule has 1 N–H and O–H groups in total. The van der Waals surface area contributed by atoms with Crippen LogP contribution in [-0.2, 0) is 19.6 Å². The average molecular weight is 542 g/mol. The van der Waals surface area contributed by atoms with Gasteiger partial charge in [0, 0.05) is 17.1 Å². The zero-order valence-electron chi connectivity index (χ0n) is 21.2. The number of para-hydroxylation sites is 1. The number of rotatable bonds is 7. The lowest BCUT2D eigenvalue weighted by molar-refractivity contribution is 0.0951. The number of hydrogen-bond acceptors (Lipinski definition) is 3. The monoisotopic (exact) mass is 541 g/mol. The molecule has 4 aromatic carbocycles. The Bertz CT molecular complexity index is 1790. The third-order valence-electron chi connectivity index (χ3n) is 6.61. The van der Waals surface area contributed by atoms with E-state index in [-0.39, 0.29) is 24.0 Å². The number of carbonyl (C=O) groups excluding carboxylic acids is 1. The topological polar surface area (TPSA) is 73.1 Å². The summed E-state index contributed by atoms with van der Waals surface area (Å²) in [5.41, 5.74) is 3.39. The Kier molecular flexibility index (Phi) is 7.43. The molecule has 0 aliphatic rings. The summed E-state index contributed by atoms with van der Waals surface area (Å²) in [5.74, 6) is -0.693. The largest absolute Gasteiger partial charge is 0.348 e. The van der Waals surface area contributed by atoms with Crippen molar-refractivity contribution in [1.82, 2.24) is 14.5 Å². The molecule has 0 aliphatic heterocycles. The van der Waals surface area contributed by atoms with Gasteiger partial charge in [-0.15, -0.1) is 0 Å². The van der Waals surface area contributed by atoms with E-state index in [4.69, 9.17) is 11.6 Å². The summed E-state index contributed by atoms with van der Waals surface area (Å²) in [6.07, 6.45) is 0. The Morgan fingerprint density at radius 3 is 2.26 bits per heavy atom. The summed E-state index contributed by atoms with van der Waals surface area (Å²) in [6, 6.07) is 25.6. The summed E-state index contributed by atoms with van der Waals surface area (Å²) < 4.78 is 16.2. The predicted molar refractivity (Wildman–Crippen MR) is 151 cm³/mol. The molecule has 0 fully saturated rings. The number of aryl methyl sites for hydroxylation is 1. The molecule has 1 amide bonds. The number of carbonyl (C=O) groups is 1. The van der Waals surface area contributed by atoms with Crippen LogP contribution in [0.15, 0.2) is 101 Å². The zero-order valence-corrected chi connectivity index (χ0v) is 21.9. The van der Waals surface area contributed by atoms with Crippen molar-refractivity contribution in [2.75, 3.05) is 0 Å². The third kappa shape index (κ3) is 5.68. The Labute approximate surface area is 228 Å². The Balaban J connectivity index is 1.41. The minimum Gasteiger partial charge on any atom is -0.348 e. The Morgan fingerprint density at radius 1 is 0.846 bits per heavy atom. The quantitative estimate of drug-likeness (QED) is 0.304. The fourth-order valence-corrected chi connectivity index (χ4v) is 4.64. The normalized spacial score (nSPS) is 11.1. The van der Waals surface area contributed by atoms with E-state index in [1.165, 1.54) is 22.8 Å². The first-order chi connectivity index (χ1) is 18.8. The van der Waals surface area contributed by atoms with E-state index >= 15 is 0 Å². The predicted octanol–water partition coefficient (Wildman–Crippen LogP) is 5.29. The van der Waals surface area contributed by atoms with Crippen LogP contribution in [0.4, 0.5) is 4.39 Å². The van der Waals surface area contributed by atoms with Crippen LogP contribution in [0.25, 0.3) is 10.9 Å². The van der Waals surface area contributed by atoms with Crippen LogP contribution < -0.4 is 16.6 Å². The minimum atomic E-state index is -0.515. The van der Waals surface area contributed by atoms with Crippen LogP contribution in [0.5, 0.6) is 0 Å². The molecule has 0 spiro atoms. The van der Waals surface area contributed by atoms with Crippen LogP contribution in [0.3, 0.4) is 0 Å². The van der Waals surface area contributed by atoms with E-state index in [1.807, 2.05) is 31.2 Å². The highest BCUT2D eigenvalue weighted by Gasteiger charge is 2.15. The number of fused-ring (bicyclic) bond motifs is 1. The third-order valence-corrected chi connectivity index (χ3v) is 6.96. The summed E-state index contributed by atoms with van der Waals surface area (Å²) in [4.78, 5) is 39.5. The number of halogens is 2. The summed E-state index contributed by atoms with van der Waals surface area (Å²) in [5, 5.41) is 3.47. The molecule has 0 unspecified atom stereocenters. The number of benzene rings is 4. The molecule has 0 aliphatic carbocycles. The first-order valence-electron chi connectivity index (χ1n) is 12.4. The highest BCUT2D eigenvalue weighted by atomic mass is 35.5. The lowest BCUT2D eigenvalue weighted by Crippen LogP contribution is -2.40. The van der Waals surface area contributed by atoms with Gasteiger partial charge in [-0.05, 0) is 60.0 Å². The molecule has 0 bridgehead atoms. The highest BCUT2D eigenvalue weighted by molar-refractivity contribution is 6.31. The standard InChI is InChI=1S/C31H25ClFN3O3/c1-20-6-8-21(9-7-20)17-34-29(37)23-12-10-22(11-13-23)18-36-30(38)26-4-2-3-5-28(26)35(31(36)39)19-24-14-15-25(33)16-27(24)32/h2-16H,17-19H2,1H3,(H,34,37). The highest BCUT2D eigenvalue weighted by Crippen LogP contribution is 2.19. The average Bonchev–Trinajstić information content (AvgIpc) is 2.94. The Morgan fingerprint density at radius 2 is 1.54 bits per heavy atom. The maximum absolute atomic E-state index is 13.6. The van der Waals surface area contributed by atoms with E-state index in [9.17, 15) is 18.8 Å². The molecule has 5 aromatic rings. The van der Waals surface area contributed by atoms with Crippen LogP contribution in [0, 0.1) is 12.7 Å². The van der Waals surface area contributed by atoms with Gasteiger partial charge in [0.2, 0.25) is 0 Å². The van der Waals surface area contributed by atoms with E-state index in [0.717, 1.165) is 15.7 Å². The molecule has 1 aromatic heterocycles. The number of aromatic nitrogens is 2. The van der Waals surface area contributed by atoms with Crippen LogP contribution in [0.2, 0.25) is 5.02 Å². The first-order valence-corrected chi connectivity index (χ1v) is 12.8. The van der Waals surface area contributed by atoms with Crippen molar-refractivity contribution in [1.29, 1.82) is 0 Å². The molecule has 1 heterocycles. The smallest absolute Gasteiger partial charge is 0.332 e. The molecule has 196 valence electrons. The lowest BCUT2D eigenvalue weighted by atomic mass is 10.1. The van der Waals surface area contributed by atoms with E-state index in [0.29, 0.717) is 34.1 Å². The molecule has 5 rings (SSSR count). The summed E-state index contributed by atoms with van der Waals surface area (Å²) in [7, 11) is 0. The summed E-state index contributed by atoms with van der Waals surface area (Å²) in [6.45, 7) is 2.50. The van der Waals surface area contributed by atoms with E-state index in [1.54, 1.807) is 48.5 Å². The van der Waals surface area contributed by atoms with Crippen molar-refractivity contribution >= 4 is 28.4 Å². The van der Waals surface area contributed by atoms with Crippen LogP contribution in [-0.4, -0.2) is 15.0 Å². The lowest BCUT2D eigenvalue weighted by Gasteiger charge is -2.15. The molecular weight excluding hydrogens is 517 g/mol. The van der Waals surface area contributed by atoms with Gasteiger partial charge in [-0.1, -0.05) is 71.8 Å². The van der Waals surface area contributed by atoms with E-state index < -0.39 is 17.1 Å². The molecule has 0 saturated heterocycles. The van der Waals surface area contributed by atoms with Crippen molar-refractivity contribution in [3.8, 4) is 0 Å². The molecule has 0 radical (unpaired) electrons. The van der Waals surface area contributed by atoms with Gasteiger partial charge in [-0.25, -0.2) is 9.18 Å². The molecule has 0 saturated carbocycles. The van der Waals surface area contributed by atoms with Crippen molar-refractivity contribution < 1.29 is 9.18 Å². The van der Waals surface area contributed by atoms with Crippen LogP contribution in [0.1, 0.15) is 32.6 Å². The fraction of sp³-hybridized carbons (Fsp3) is 0.129. The van der Waals surface area contributed by atoms with E-state index in [2.05, 4.69) is 5.32 Å². The second-order valence-electron chi connectivity index (χ2n) is 9.38. The maximum atomic E-state index is 13.6. The van der Waals surface area contributed by atoms with Crippen LogP contribution >= 0.6 is 11.6 Å². The van der Waals surface area contributed by atoms with Gasteiger partial charge < -0.3 is 5.32 Å². The van der Waals surface area contributed by atoms with Gasteiger partial charge in [0.25, 0.3) is 11.5 Å². The number of amides is 1. The van der Waals surface area contributed by atoms with Crippen molar-refractivity contribution in [3.63, 3.8) is 0 Å². The van der Waals surface area contributed by atoms with Gasteiger partial charge in [0.15, 0.2) is 0 Å². The molecular formula is C31H25ClFN3O3. The maximum Gasteiger partial charge on any atom is 0.332 e. The van der Waals surface area contributed by atoms with Gasteiger partial charge in [0.1, 0.15) is 5.82 Å². The number of nitrogens with zero attached hydrogens (tertiary/aromatic N) is 2. The van der Waals surface area contributed by atoms with Crippen molar-refractivity contribution in [2.45, 2.75) is 26.6 Å². The van der Waals surface area contributed by atoms with Gasteiger partial charge in [-0.2, -0.15) is 0 Å². The van der Waals surface area contributed by atoms with Gasteiger partial charge in [0.05, 0.1) is 24.0 Å². The van der Waals surface area contributed by atoms with Crippen molar-refractivity contribution in [2.24, 2.45) is 0 Å². The first kappa shape index (κ1) is 26.1. The molecule has 8 heteroatoms. The second kappa shape index (κ2) is 11.1. The van der Waals surface area contributed by atoms with Gasteiger partial charge >= 0.3 is 5.69 Å². The number of hydrogen-bond donors (Lipinski definition) is 1. The molecule has 6 nitrogen and oxygen atoms in total. The molecule has 39 heavy (non-hydrogen) atoms. The Hall–Kier alpha value is -4.49.